The van der Waals surface area contributed by atoms with Crippen LogP contribution >= 0.6 is 0 Å². The molecule has 35 heavy (non-hydrogen) atoms. The van der Waals surface area contributed by atoms with Crippen LogP contribution in [-0.4, -0.2) is 33.1 Å². The van der Waals surface area contributed by atoms with Crippen LogP contribution in [0.2, 0.25) is 0 Å². The van der Waals surface area contributed by atoms with Gasteiger partial charge in [-0.05, 0) is 61.7 Å². The summed E-state index contributed by atoms with van der Waals surface area (Å²) >= 11 is 0. The van der Waals surface area contributed by atoms with Gasteiger partial charge in [0.1, 0.15) is 5.82 Å². The highest BCUT2D eigenvalue weighted by atomic mass is 16.3. The molecule has 174 valence electrons. The first-order valence-electron chi connectivity index (χ1n) is 12.0. The van der Waals surface area contributed by atoms with Gasteiger partial charge in [-0.15, -0.1) is 0 Å². The van der Waals surface area contributed by atoms with Crippen molar-refractivity contribution in [1.82, 2.24) is 15.0 Å². The molecule has 0 unspecified atom stereocenters. The summed E-state index contributed by atoms with van der Waals surface area (Å²) in [5, 5.41) is 16.9. The lowest BCUT2D eigenvalue weighted by molar-refractivity contribution is 0.0115. The van der Waals surface area contributed by atoms with E-state index >= 15 is 0 Å². The van der Waals surface area contributed by atoms with Crippen molar-refractivity contribution >= 4 is 39.3 Å². The molecule has 2 N–H and O–H groups in total. The summed E-state index contributed by atoms with van der Waals surface area (Å²) in [6.07, 6.45) is 3.07. The van der Waals surface area contributed by atoms with Crippen LogP contribution in [0.1, 0.15) is 24.0 Å². The fourth-order valence-corrected chi connectivity index (χ4v) is 4.82. The molecule has 1 saturated heterocycles. The molecule has 0 aliphatic carbocycles. The topological polar surface area (TPSA) is 74.2 Å². The van der Waals surface area contributed by atoms with E-state index in [1.807, 2.05) is 54.6 Å². The van der Waals surface area contributed by atoms with Crippen LogP contribution in [0.4, 0.5) is 17.5 Å². The maximum atomic E-state index is 11.3. The van der Waals surface area contributed by atoms with Crippen LogP contribution in [0.3, 0.4) is 0 Å². The van der Waals surface area contributed by atoms with E-state index in [0.29, 0.717) is 31.9 Å². The van der Waals surface area contributed by atoms with Crippen LogP contribution in [0.15, 0.2) is 85.1 Å². The maximum Gasteiger partial charge on any atom is 0.227 e. The van der Waals surface area contributed by atoms with Crippen LogP contribution in [0.25, 0.3) is 21.8 Å². The predicted octanol–water partition coefficient (Wildman–Crippen LogP) is 5.72. The lowest BCUT2D eigenvalue weighted by atomic mass is 9.84. The van der Waals surface area contributed by atoms with Gasteiger partial charge in [-0.2, -0.15) is 4.98 Å². The molecule has 1 fully saturated rings. The van der Waals surface area contributed by atoms with Gasteiger partial charge in [0.25, 0.3) is 0 Å². The third-order valence-electron chi connectivity index (χ3n) is 6.92. The Kier molecular flexibility index (Phi) is 5.30. The number of nitrogens with zero attached hydrogens (tertiary/aromatic N) is 4. The number of hydrogen-bond acceptors (Lipinski definition) is 6. The largest absolute Gasteiger partial charge is 0.385 e. The molecular formula is C29H27N5O. The molecule has 6 nitrogen and oxygen atoms in total. The van der Waals surface area contributed by atoms with E-state index in [0.717, 1.165) is 38.9 Å². The molecule has 6 rings (SSSR count). The number of para-hydroxylation sites is 1. The van der Waals surface area contributed by atoms with Crippen molar-refractivity contribution in [2.75, 3.05) is 23.3 Å². The van der Waals surface area contributed by atoms with Crippen LogP contribution in [0, 0.1) is 6.92 Å². The maximum absolute atomic E-state index is 11.3. The number of pyridine rings is 1. The number of anilines is 3. The monoisotopic (exact) mass is 461 g/mol. The van der Waals surface area contributed by atoms with Crippen molar-refractivity contribution in [2.24, 2.45) is 0 Å². The van der Waals surface area contributed by atoms with Crippen molar-refractivity contribution in [1.29, 1.82) is 0 Å². The number of nitrogens with one attached hydrogen (secondary N) is 1. The van der Waals surface area contributed by atoms with E-state index in [1.54, 1.807) is 6.20 Å². The smallest absolute Gasteiger partial charge is 0.227 e. The Morgan fingerprint density at radius 1 is 0.857 bits per heavy atom. The highest BCUT2D eigenvalue weighted by molar-refractivity contribution is 5.93. The third-order valence-corrected chi connectivity index (χ3v) is 6.92. The number of piperidine rings is 1. The summed E-state index contributed by atoms with van der Waals surface area (Å²) in [5.74, 6) is 1.45. The molecule has 0 bridgehead atoms. The van der Waals surface area contributed by atoms with E-state index in [9.17, 15) is 5.11 Å². The summed E-state index contributed by atoms with van der Waals surface area (Å²) < 4.78 is 0. The van der Waals surface area contributed by atoms with Crippen molar-refractivity contribution in [3.8, 4) is 0 Å². The quantitative estimate of drug-likeness (QED) is 0.357. The molecule has 5 aromatic rings. The highest BCUT2D eigenvalue weighted by Gasteiger charge is 2.34. The van der Waals surface area contributed by atoms with E-state index < -0.39 is 5.60 Å². The minimum absolute atomic E-state index is 0.632. The second kappa shape index (κ2) is 8.64. The zero-order chi connectivity index (χ0) is 23.8. The summed E-state index contributed by atoms with van der Waals surface area (Å²) in [4.78, 5) is 16.4. The summed E-state index contributed by atoms with van der Waals surface area (Å²) in [7, 11) is 0. The number of hydrogen-bond donors (Lipinski definition) is 2. The van der Waals surface area contributed by atoms with Crippen molar-refractivity contribution < 1.29 is 5.11 Å². The summed E-state index contributed by atoms with van der Waals surface area (Å²) in [6, 6.07) is 26.4. The van der Waals surface area contributed by atoms with E-state index in [-0.39, 0.29) is 0 Å². The number of aryl methyl sites for hydroxylation is 1. The average molecular weight is 462 g/mol. The molecule has 0 saturated carbocycles. The van der Waals surface area contributed by atoms with Gasteiger partial charge in [0.05, 0.1) is 16.6 Å². The Labute approximate surface area is 204 Å². The number of rotatable bonds is 4. The molecule has 1 aliphatic rings. The molecule has 6 heteroatoms. The second-order valence-electron chi connectivity index (χ2n) is 9.31. The van der Waals surface area contributed by atoms with E-state index in [4.69, 9.17) is 9.97 Å². The summed E-state index contributed by atoms with van der Waals surface area (Å²) in [6.45, 7) is 3.43. The minimum atomic E-state index is -0.818. The fraction of sp³-hybridized carbons (Fsp3) is 0.207. The highest BCUT2D eigenvalue weighted by Crippen LogP contribution is 2.35. The number of aromatic nitrogens is 3. The predicted molar refractivity (Wildman–Crippen MR) is 141 cm³/mol. The molecule has 0 radical (unpaired) electrons. The summed E-state index contributed by atoms with van der Waals surface area (Å²) in [5.41, 5.74) is 4.16. The minimum Gasteiger partial charge on any atom is -0.385 e. The number of aliphatic hydroxyl groups is 1. The van der Waals surface area contributed by atoms with Gasteiger partial charge >= 0.3 is 0 Å². The molecular weight excluding hydrogens is 434 g/mol. The van der Waals surface area contributed by atoms with Crippen molar-refractivity contribution in [3.63, 3.8) is 0 Å². The molecule has 3 heterocycles. The first-order valence-corrected chi connectivity index (χ1v) is 12.0. The molecule has 0 spiro atoms. The average Bonchev–Trinajstić information content (AvgIpc) is 2.89. The first-order chi connectivity index (χ1) is 17.1. The van der Waals surface area contributed by atoms with Gasteiger partial charge < -0.3 is 15.3 Å². The molecule has 0 amide bonds. The SMILES string of the molecule is Cc1ccc(C2(O)CCN(c3nc(Nc4ccc5ncccc5c4)c4ccccc4n3)CC2)cc1. The van der Waals surface area contributed by atoms with Crippen LogP contribution < -0.4 is 10.2 Å². The van der Waals surface area contributed by atoms with Crippen molar-refractivity contribution in [3.05, 3.63) is 96.2 Å². The van der Waals surface area contributed by atoms with Crippen LogP contribution in [0.5, 0.6) is 0 Å². The Balaban J connectivity index is 1.30. The first kappa shape index (κ1) is 21.5. The molecule has 2 aromatic heterocycles. The normalized spacial score (nSPS) is 15.4. The van der Waals surface area contributed by atoms with Gasteiger partial charge in [-0.3, -0.25) is 4.98 Å². The Morgan fingerprint density at radius 3 is 2.49 bits per heavy atom. The van der Waals surface area contributed by atoms with Crippen LogP contribution in [-0.2, 0) is 5.60 Å². The zero-order valence-corrected chi connectivity index (χ0v) is 19.6. The molecule has 1 aliphatic heterocycles. The van der Waals surface area contributed by atoms with Gasteiger partial charge in [-0.25, -0.2) is 4.98 Å². The lowest BCUT2D eigenvalue weighted by Crippen LogP contribution is -2.43. The standard InChI is InChI=1S/C29H27N5O/c1-20-8-10-22(11-9-20)29(35)14-17-34(18-15-29)28-32-26-7-3-2-6-24(26)27(33-28)31-23-12-13-25-21(19-23)5-4-16-30-25/h2-13,16,19,35H,14-15,17-18H2,1H3,(H,31,32,33). The lowest BCUT2D eigenvalue weighted by Gasteiger charge is -2.38. The van der Waals surface area contributed by atoms with Gasteiger partial charge in [0.15, 0.2) is 0 Å². The van der Waals surface area contributed by atoms with E-state index in [1.165, 1.54) is 5.56 Å². The fourth-order valence-electron chi connectivity index (χ4n) is 4.82. The second-order valence-corrected chi connectivity index (χ2v) is 9.31. The van der Waals surface area contributed by atoms with Crippen molar-refractivity contribution in [2.45, 2.75) is 25.4 Å². The molecule has 0 atom stereocenters. The number of fused-ring (bicyclic) bond motifs is 2. The van der Waals surface area contributed by atoms with Gasteiger partial charge in [0, 0.05) is 35.7 Å². The van der Waals surface area contributed by atoms with Gasteiger partial charge in [0.2, 0.25) is 5.95 Å². The zero-order valence-electron chi connectivity index (χ0n) is 19.6. The Bertz CT molecular complexity index is 1510. The Morgan fingerprint density at radius 2 is 1.66 bits per heavy atom. The Hall–Kier alpha value is -4.03. The molecule has 3 aromatic carbocycles. The number of benzene rings is 3. The van der Waals surface area contributed by atoms with E-state index in [2.05, 4.69) is 46.4 Å². The third kappa shape index (κ3) is 4.17. The van der Waals surface area contributed by atoms with Gasteiger partial charge in [-0.1, -0.05) is 48.0 Å².